The molecule has 3 aromatic rings. The summed E-state index contributed by atoms with van der Waals surface area (Å²) in [6, 6.07) is 12.3. The molecule has 0 spiro atoms. The smallest absolute Gasteiger partial charge is 0.329 e. The van der Waals surface area contributed by atoms with Gasteiger partial charge in [-0.25, -0.2) is 4.79 Å². The van der Waals surface area contributed by atoms with Crippen LogP contribution in [-0.4, -0.2) is 25.4 Å². The minimum Gasteiger partial charge on any atom is -0.755 e. The van der Waals surface area contributed by atoms with Gasteiger partial charge in [-0.1, -0.05) is 18.2 Å². The first-order valence-electron chi connectivity index (χ1n) is 6.86. The molecular formula is C16H14NO5S-. The van der Waals surface area contributed by atoms with E-state index in [1.54, 1.807) is 12.1 Å². The van der Waals surface area contributed by atoms with Gasteiger partial charge in [0.1, 0.15) is 16.7 Å². The normalized spacial score (nSPS) is 13.3. The molecule has 0 aliphatic rings. The standard InChI is InChI=1S/C16H15NO5S/c1-16(2,15(18)19)17(23(20)21)10-7-8-12-11-5-3-4-6-13(11)22-14(12)9-10/h3-9H,1-2H3,(H,18,19)(H,20,21)/p-1. The first-order chi connectivity index (χ1) is 10.8. The Morgan fingerprint density at radius 1 is 1.17 bits per heavy atom. The second kappa shape index (κ2) is 5.36. The number of carbonyl (C=O) groups is 1. The number of para-hydroxylation sites is 1. The summed E-state index contributed by atoms with van der Waals surface area (Å²) in [6.45, 7) is 2.65. The summed E-state index contributed by atoms with van der Waals surface area (Å²) >= 11 is -2.74. The van der Waals surface area contributed by atoms with Crippen LogP contribution in [-0.2, 0) is 16.1 Å². The SMILES string of the molecule is CC(C)(C(=O)O)N(c1ccc2c(c1)oc1ccccc12)S(=O)[O-]. The quantitative estimate of drug-likeness (QED) is 0.741. The zero-order chi connectivity index (χ0) is 16.8. The molecule has 0 bridgehead atoms. The second-order valence-electron chi connectivity index (χ2n) is 5.65. The molecule has 0 amide bonds. The van der Waals surface area contributed by atoms with E-state index in [0.29, 0.717) is 11.2 Å². The van der Waals surface area contributed by atoms with Crippen LogP contribution in [0.5, 0.6) is 0 Å². The summed E-state index contributed by atoms with van der Waals surface area (Å²) in [4.78, 5) is 11.4. The maximum atomic E-state index is 11.6. The molecule has 3 rings (SSSR count). The van der Waals surface area contributed by atoms with Crippen LogP contribution in [0.1, 0.15) is 13.8 Å². The van der Waals surface area contributed by atoms with Gasteiger partial charge in [0, 0.05) is 28.1 Å². The molecule has 7 heteroatoms. The van der Waals surface area contributed by atoms with E-state index in [4.69, 9.17) is 4.42 Å². The third-order valence-corrected chi connectivity index (χ3v) is 4.74. The number of aliphatic carboxylic acids is 1. The number of carboxylic acid groups (broad SMARTS) is 1. The van der Waals surface area contributed by atoms with Crippen LogP contribution in [0.25, 0.3) is 21.9 Å². The predicted molar refractivity (Wildman–Crippen MR) is 86.8 cm³/mol. The molecule has 1 heterocycles. The molecule has 6 nitrogen and oxygen atoms in total. The van der Waals surface area contributed by atoms with Crippen molar-refractivity contribution in [2.24, 2.45) is 0 Å². The minimum atomic E-state index is -2.74. The summed E-state index contributed by atoms with van der Waals surface area (Å²) in [6.07, 6.45) is 0. The Morgan fingerprint density at radius 3 is 2.48 bits per heavy atom. The average Bonchev–Trinajstić information content (AvgIpc) is 2.84. The summed E-state index contributed by atoms with van der Waals surface area (Å²) in [5, 5.41) is 11.1. The van der Waals surface area contributed by atoms with Gasteiger partial charge in [0.15, 0.2) is 0 Å². The van der Waals surface area contributed by atoms with E-state index in [2.05, 4.69) is 0 Å². The van der Waals surface area contributed by atoms with Gasteiger partial charge in [0.25, 0.3) is 0 Å². The number of carboxylic acids is 1. The van der Waals surface area contributed by atoms with Crippen LogP contribution in [0.2, 0.25) is 0 Å². The van der Waals surface area contributed by atoms with Crippen LogP contribution in [0.4, 0.5) is 5.69 Å². The van der Waals surface area contributed by atoms with Gasteiger partial charge in [-0.05, 0) is 32.0 Å². The van der Waals surface area contributed by atoms with Crippen LogP contribution in [0, 0.1) is 0 Å². The molecule has 1 unspecified atom stereocenters. The van der Waals surface area contributed by atoms with E-state index >= 15 is 0 Å². The van der Waals surface area contributed by atoms with Gasteiger partial charge >= 0.3 is 5.97 Å². The second-order valence-corrected chi connectivity index (χ2v) is 6.45. The van der Waals surface area contributed by atoms with Crippen molar-refractivity contribution in [3.8, 4) is 0 Å². The molecule has 1 atom stereocenters. The molecule has 0 aliphatic carbocycles. The molecule has 1 N–H and O–H groups in total. The van der Waals surface area contributed by atoms with Crippen LogP contribution in [0.3, 0.4) is 0 Å². The molecule has 0 aliphatic heterocycles. The number of hydrogen-bond acceptors (Lipinski definition) is 4. The maximum absolute atomic E-state index is 11.6. The monoisotopic (exact) mass is 332 g/mol. The Bertz CT molecular complexity index is 931. The van der Waals surface area contributed by atoms with E-state index < -0.39 is 22.8 Å². The molecule has 23 heavy (non-hydrogen) atoms. The maximum Gasteiger partial charge on any atom is 0.329 e. The minimum absolute atomic E-state index is 0.234. The molecule has 1 aromatic heterocycles. The van der Waals surface area contributed by atoms with Crippen molar-refractivity contribution >= 4 is 44.9 Å². The van der Waals surface area contributed by atoms with Crippen molar-refractivity contribution in [1.82, 2.24) is 0 Å². The van der Waals surface area contributed by atoms with Crippen LogP contribution >= 0.6 is 0 Å². The highest BCUT2D eigenvalue weighted by Crippen LogP contribution is 2.34. The highest BCUT2D eigenvalue weighted by atomic mass is 32.2. The average molecular weight is 332 g/mol. The largest absolute Gasteiger partial charge is 0.755 e. The van der Waals surface area contributed by atoms with Crippen molar-refractivity contribution < 1.29 is 23.1 Å². The van der Waals surface area contributed by atoms with Gasteiger partial charge < -0.3 is 14.1 Å². The Kier molecular flexibility index (Phi) is 3.62. The topological polar surface area (TPSA) is 93.8 Å². The number of anilines is 1. The van der Waals surface area contributed by atoms with E-state index in [0.717, 1.165) is 15.1 Å². The van der Waals surface area contributed by atoms with Gasteiger partial charge in [-0.15, -0.1) is 0 Å². The lowest BCUT2D eigenvalue weighted by Gasteiger charge is -2.37. The number of furan rings is 1. The van der Waals surface area contributed by atoms with Crippen molar-refractivity contribution in [2.75, 3.05) is 4.31 Å². The zero-order valence-electron chi connectivity index (χ0n) is 12.5. The fourth-order valence-corrected chi connectivity index (χ4v) is 3.26. The summed E-state index contributed by atoms with van der Waals surface area (Å²) in [5.74, 6) is -1.24. The zero-order valence-corrected chi connectivity index (χ0v) is 13.3. The number of fused-ring (bicyclic) bond motifs is 3. The van der Waals surface area contributed by atoms with Gasteiger partial charge in [-0.3, -0.25) is 8.51 Å². The number of nitrogens with zero attached hydrogens (tertiary/aromatic N) is 1. The summed E-state index contributed by atoms with van der Waals surface area (Å²) < 4.78 is 29.7. The Balaban J connectivity index is 2.20. The first-order valence-corrected chi connectivity index (χ1v) is 7.90. The summed E-state index contributed by atoms with van der Waals surface area (Å²) in [5.41, 5.74) is -0.198. The lowest BCUT2D eigenvalue weighted by molar-refractivity contribution is -0.141. The van der Waals surface area contributed by atoms with Crippen LogP contribution in [0.15, 0.2) is 46.9 Å². The van der Waals surface area contributed by atoms with Crippen molar-refractivity contribution in [2.45, 2.75) is 19.4 Å². The van der Waals surface area contributed by atoms with Gasteiger partial charge in [-0.2, -0.15) is 0 Å². The molecule has 0 radical (unpaired) electrons. The fourth-order valence-electron chi connectivity index (χ4n) is 2.52. The van der Waals surface area contributed by atoms with E-state index in [1.807, 2.05) is 24.3 Å². The van der Waals surface area contributed by atoms with Gasteiger partial charge in [0.05, 0.1) is 5.69 Å². The fraction of sp³-hybridized carbons (Fsp3) is 0.188. The molecule has 0 fully saturated rings. The molecule has 2 aromatic carbocycles. The number of rotatable bonds is 4. The first kappa shape index (κ1) is 15.5. The Morgan fingerprint density at radius 2 is 1.83 bits per heavy atom. The van der Waals surface area contributed by atoms with Crippen molar-refractivity contribution in [3.63, 3.8) is 0 Å². The lowest BCUT2D eigenvalue weighted by Crippen LogP contribution is -2.51. The molecule has 120 valence electrons. The van der Waals surface area contributed by atoms with Gasteiger partial charge in [0.2, 0.25) is 0 Å². The van der Waals surface area contributed by atoms with E-state index in [-0.39, 0.29) is 5.69 Å². The Labute approximate surface area is 134 Å². The lowest BCUT2D eigenvalue weighted by atomic mass is 10.1. The Hall–Kier alpha value is -2.38. The van der Waals surface area contributed by atoms with Crippen LogP contribution < -0.4 is 4.31 Å². The van der Waals surface area contributed by atoms with Crippen molar-refractivity contribution in [3.05, 3.63) is 42.5 Å². The summed E-state index contributed by atoms with van der Waals surface area (Å²) in [7, 11) is 0. The molecular weight excluding hydrogens is 318 g/mol. The number of hydrogen-bond donors (Lipinski definition) is 1. The third-order valence-electron chi connectivity index (χ3n) is 3.78. The number of benzene rings is 2. The van der Waals surface area contributed by atoms with E-state index in [1.165, 1.54) is 19.9 Å². The molecule has 0 saturated carbocycles. The highest BCUT2D eigenvalue weighted by molar-refractivity contribution is 7.80. The predicted octanol–water partition coefficient (Wildman–Crippen LogP) is 3.05. The van der Waals surface area contributed by atoms with Crippen molar-refractivity contribution in [1.29, 1.82) is 0 Å². The van der Waals surface area contributed by atoms with E-state index in [9.17, 15) is 18.7 Å². The highest BCUT2D eigenvalue weighted by Gasteiger charge is 2.36. The molecule has 0 saturated heterocycles. The third kappa shape index (κ3) is 2.47.